The molecule has 1 fully saturated rings. The van der Waals surface area contributed by atoms with Crippen LogP contribution in [0.25, 0.3) is 0 Å². The molecule has 1 aliphatic rings. The van der Waals surface area contributed by atoms with Gasteiger partial charge in [-0.15, -0.1) is 6.42 Å². The van der Waals surface area contributed by atoms with Crippen molar-refractivity contribution >= 4 is 23.1 Å². The summed E-state index contributed by atoms with van der Waals surface area (Å²) >= 11 is 0. The number of nitrogens with one attached hydrogen (secondary N) is 1. The molecule has 1 N–H and O–H groups in total. The first kappa shape index (κ1) is 21.7. The van der Waals surface area contributed by atoms with Crippen molar-refractivity contribution in [2.45, 2.75) is 0 Å². The summed E-state index contributed by atoms with van der Waals surface area (Å²) in [6, 6.07) is 20.5. The van der Waals surface area contributed by atoms with Crippen LogP contribution in [0.4, 0.5) is 17.2 Å². The van der Waals surface area contributed by atoms with E-state index in [2.05, 4.69) is 32.1 Å². The van der Waals surface area contributed by atoms with Gasteiger partial charge in [-0.2, -0.15) is 5.26 Å². The number of ether oxygens (including phenoxy) is 1. The molecule has 1 saturated heterocycles. The third-order valence-corrected chi connectivity index (χ3v) is 5.41. The zero-order chi connectivity index (χ0) is 23.0. The average molecular weight is 438 g/mol. The topological polar surface area (TPSA) is 81.5 Å². The van der Waals surface area contributed by atoms with E-state index in [0.717, 1.165) is 43.4 Å². The first-order chi connectivity index (χ1) is 16.2. The van der Waals surface area contributed by atoms with Crippen molar-refractivity contribution in [2.75, 3.05) is 47.9 Å². The normalized spacial score (nSPS) is 13.0. The molecular weight excluding hydrogens is 414 g/mol. The van der Waals surface area contributed by atoms with E-state index in [0.29, 0.717) is 16.9 Å². The number of amides is 1. The minimum Gasteiger partial charge on any atom is -0.481 e. The summed E-state index contributed by atoms with van der Waals surface area (Å²) in [6.45, 7) is 3.61. The van der Waals surface area contributed by atoms with E-state index >= 15 is 0 Å². The number of terminal acetylenes is 1. The minimum absolute atomic E-state index is 0.185. The largest absolute Gasteiger partial charge is 0.481 e. The van der Waals surface area contributed by atoms with Gasteiger partial charge in [-0.05, 0) is 60.7 Å². The molecule has 4 rings (SSSR count). The summed E-state index contributed by atoms with van der Waals surface area (Å²) in [5.41, 5.74) is 2.95. The Balaban J connectivity index is 1.30. The van der Waals surface area contributed by atoms with Crippen LogP contribution in [0.2, 0.25) is 0 Å². The molecule has 0 saturated carbocycles. The van der Waals surface area contributed by atoms with Crippen molar-refractivity contribution in [2.24, 2.45) is 0 Å². The molecule has 1 amide bonds. The number of aromatic nitrogens is 1. The number of hydrogen-bond donors (Lipinski definition) is 1. The molecule has 0 atom stereocenters. The van der Waals surface area contributed by atoms with Crippen molar-refractivity contribution < 1.29 is 9.53 Å². The summed E-state index contributed by atoms with van der Waals surface area (Å²) in [4.78, 5) is 21.4. The lowest BCUT2D eigenvalue weighted by Gasteiger charge is -2.36. The van der Waals surface area contributed by atoms with Gasteiger partial charge in [-0.25, -0.2) is 4.98 Å². The van der Waals surface area contributed by atoms with Crippen LogP contribution in [0.15, 0.2) is 66.9 Å². The number of rotatable bonds is 6. The Kier molecular flexibility index (Phi) is 6.73. The molecule has 33 heavy (non-hydrogen) atoms. The van der Waals surface area contributed by atoms with Gasteiger partial charge < -0.3 is 19.9 Å². The Hall–Kier alpha value is -4.49. The second-order valence-corrected chi connectivity index (χ2v) is 7.51. The number of benzene rings is 2. The van der Waals surface area contributed by atoms with Gasteiger partial charge in [0, 0.05) is 49.3 Å². The van der Waals surface area contributed by atoms with Gasteiger partial charge >= 0.3 is 0 Å². The van der Waals surface area contributed by atoms with Crippen molar-refractivity contribution in [3.05, 3.63) is 78.0 Å². The number of carbonyl (C=O) groups is 1. The highest BCUT2D eigenvalue weighted by molar-refractivity contribution is 6.04. The van der Waals surface area contributed by atoms with Gasteiger partial charge in [0.15, 0.2) is 0 Å². The van der Waals surface area contributed by atoms with Crippen LogP contribution >= 0.6 is 0 Å². The maximum atomic E-state index is 12.5. The van der Waals surface area contributed by atoms with Crippen LogP contribution < -0.4 is 19.9 Å². The summed E-state index contributed by atoms with van der Waals surface area (Å²) in [5, 5.41) is 11.8. The summed E-state index contributed by atoms with van der Waals surface area (Å²) in [7, 11) is 0. The number of nitriles is 1. The minimum atomic E-state index is -0.185. The molecule has 7 heteroatoms. The number of carbonyl (C=O) groups excluding carboxylic acids is 1. The predicted octanol–water partition coefficient (Wildman–Crippen LogP) is 3.54. The third kappa shape index (κ3) is 5.41. The lowest BCUT2D eigenvalue weighted by molar-refractivity contribution is 0.102. The maximum Gasteiger partial charge on any atom is 0.255 e. The standard InChI is InChI=1S/C26H23N5O2/c1-2-17-33-24-10-4-21(5-11-24)26(32)29-22-6-8-23(9-7-22)30-13-15-31(16-14-30)25-12-3-20(18-27)19-28-25/h1,3-12,19H,13-17H2,(H,29,32). The molecule has 1 aliphatic heterocycles. The van der Waals surface area contributed by atoms with Gasteiger partial charge in [-0.3, -0.25) is 4.79 Å². The van der Waals surface area contributed by atoms with E-state index in [1.54, 1.807) is 36.5 Å². The van der Waals surface area contributed by atoms with Gasteiger partial charge in [0.1, 0.15) is 24.2 Å². The molecule has 2 heterocycles. The van der Waals surface area contributed by atoms with E-state index in [9.17, 15) is 4.79 Å². The van der Waals surface area contributed by atoms with Gasteiger partial charge in [0.05, 0.1) is 5.56 Å². The molecule has 0 spiro atoms. The highest BCUT2D eigenvalue weighted by atomic mass is 16.5. The van der Waals surface area contributed by atoms with E-state index in [1.165, 1.54) is 0 Å². The van der Waals surface area contributed by atoms with Crippen molar-refractivity contribution in [1.29, 1.82) is 5.26 Å². The fourth-order valence-corrected chi connectivity index (χ4v) is 3.62. The van der Waals surface area contributed by atoms with E-state index in [1.807, 2.05) is 30.3 Å². The summed E-state index contributed by atoms with van der Waals surface area (Å²) < 4.78 is 5.33. The zero-order valence-corrected chi connectivity index (χ0v) is 18.1. The number of pyridine rings is 1. The van der Waals surface area contributed by atoms with Crippen molar-refractivity contribution in [3.8, 4) is 24.2 Å². The van der Waals surface area contributed by atoms with Gasteiger partial charge in [-0.1, -0.05) is 5.92 Å². The predicted molar refractivity (Wildman–Crippen MR) is 129 cm³/mol. The molecule has 1 aromatic heterocycles. The fraction of sp³-hybridized carbons (Fsp3) is 0.192. The molecule has 3 aromatic rings. The highest BCUT2D eigenvalue weighted by Gasteiger charge is 2.18. The second-order valence-electron chi connectivity index (χ2n) is 7.51. The lowest BCUT2D eigenvalue weighted by Crippen LogP contribution is -2.46. The van der Waals surface area contributed by atoms with Gasteiger partial charge in [0.2, 0.25) is 0 Å². The van der Waals surface area contributed by atoms with Crippen LogP contribution in [-0.2, 0) is 0 Å². The number of nitrogens with zero attached hydrogens (tertiary/aromatic N) is 4. The highest BCUT2D eigenvalue weighted by Crippen LogP contribution is 2.22. The molecule has 0 radical (unpaired) electrons. The first-order valence-electron chi connectivity index (χ1n) is 10.6. The second kappa shape index (κ2) is 10.2. The quantitative estimate of drug-likeness (QED) is 0.594. The summed E-state index contributed by atoms with van der Waals surface area (Å²) in [5.74, 6) is 3.74. The van der Waals surface area contributed by atoms with E-state index in [4.69, 9.17) is 16.4 Å². The number of piperazine rings is 1. The number of anilines is 3. The molecular formula is C26H23N5O2. The van der Waals surface area contributed by atoms with Crippen LogP contribution in [0.5, 0.6) is 5.75 Å². The smallest absolute Gasteiger partial charge is 0.255 e. The Morgan fingerprint density at radius 1 is 1.00 bits per heavy atom. The van der Waals surface area contributed by atoms with Crippen LogP contribution in [0, 0.1) is 23.7 Å². The molecule has 0 unspecified atom stereocenters. The Morgan fingerprint density at radius 2 is 1.70 bits per heavy atom. The Labute approximate surface area is 193 Å². The van der Waals surface area contributed by atoms with E-state index < -0.39 is 0 Å². The Bertz CT molecular complexity index is 1170. The molecule has 0 bridgehead atoms. The van der Waals surface area contributed by atoms with E-state index in [-0.39, 0.29) is 12.5 Å². The molecule has 164 valence electrons. The number of hydrogen-bond acceptors (Lipinski definition) is 6. The van der Waals surface area contributed by atoms with Crippen LogP contribution in [-0.4, -0.2) is 43.7 Å². The van der Waals surface area contributed by atoms with Crippen LogP contribution in [0.3, 0.4) is 0 Å². The molecule has 2 aromatic carbocycles. The molecule has 0 aliphatic carbocycles. The van der Waals surface area contributed by atoms with Gasteiger partial charge in [0.25, 0.3) is 5.91 Å². The fourth-order valence-electron chi connectivity index (χ4n) is 3.62. The third-order valence-electron chi connectivity index (χ3n) is 5.41. The SMILES string of the molecule is C#CCOc1ccc(C(=O)Nc2ccc(N3CCN(c4ccc(C#N)cn4)CC3)cc2)cc1. The zero-order valence-electron chi connectivity index (χ0n) is 18.1. The monoisotopic (exact) mass is 437 g/mol. The van der Waals surface area contributed by atoms with Crippen LogP contribution in [0.1, 0.15) is 15.9 Å². The maximum absolute atomic E-state index is 12.5. The molecule has 7 nitrogen and oxygen atoms in total. The van der Waals surface area contributed by atoms with Crippen molar-refractivity contribution in [1.82, 2.24) is 4.98 Å². The average Bonchev–Trinajstić information content (AvgIpc) is 2.88. The Morgan fingerprint density at radius 3 is 2.30 bits per heavy atom. The summed E-state index contributed by atoms with van der Waals surface area (Å²) in [6.07, 6.45) is 6.79. The van der Waals surface area contributed by atoms with Crippen molar-refractivity contribution in [3.63, 3.8) is 0 Å². The lowest BCUT2D eigenvalue weighted by atomic mass is 10.2. The first-order valence-corrected chi connectivity index (χ1v) is 10.6.